The van der Waals surface area contributed by atoms with Gasteiger partial charge in [0.25, 0.3) is 0 Å². The van der Waals surface area contributed by atoms with E-state index in [1.165, 1.54) is 11.1 Å². The molecule has 0 aliphatic carbocycles. The molecule has 3 rings (SSSR count). The first-order valence-electron chi connectivity index (χ1n) is 7.16. The van der Waals surface area contributed by atoms with Gasteiger partial charge in [-0.2, -0.15) is 5.10 Å². The van der Waals surface area contributed by atoms with E-state index in [2.05, 4.69) is 45.8 Å². The standard InChI is InChI=1S/C16H19ClN4/c1-4-12-5-7-13(8-6-12)10-21-14(9-17)18-15-11(2)19-20(3)16(15)21/h5-8H,4,9-10H2,1-3H3. The lowest BCUT2D eigenvalue weighted by Crippen LogP contribution is -2.07. The van der Waals surface area contributed by atoms with E-state index >= 15 is 0 Å². The zero-order valence-corrected chi connectivity index (χ0v) is 13.4. The number of nitrogens with zero attached hydrogens (tertiary/aromatic N) is 4. The van der Waals surface area contributed by atoms with E-state index < -0.39 is 0 Å². The molecule has 0 radical (unpaired) electrons. The molecule has 2 heterocycles. The summed E-state index contributed by atoms with van der Waals surface area (Å²) in [7, 11) is 1.95. The van der Waals surface area contributed by atoms with Crippen LogP contribution in [0, 0.1) is 6.92 Å². The number of fused-ring (bicyclic) bond motifs is 1. The molecule has 0 saturated heterocycles. The molecule has 0 aliphatic rings. The van der Waals surface area contributed by atoms with Crippen molar-refractivity contribution in [1.29, 1.82) is 0 Å². The minimum atomic E-state index is 0.404. The topological polar surface area (TPSA) is 35.6 Å². The predicted octanol–water partition coefficient (Wildman–Crippen LogP) is 3.43. The second kappa shape index (κ2) is 5.53. The van der Waals surface area contributed by atoms with Crippen LogP contribution in [0.2, 0.25) is 0 Å². The smallest absolute Gasteiger partial charge is 0.159 e. The van der Waals surface area contributed by atoms with E-state index in [0.29, 0.717) is 5.88 Å². The third-order valence-electron chi connectivity index (χ3n) is 3.86. The molecule has 21 heavy (non-hydrogen) atoms. The average Bonchev–Trinajstić information content (AvgIpc) is 2.99. The zero-order chi connectivity index (χ0) is 15.0. The number of aromatic nitrogens is 4. The Kier molecular flexibility index (Phi) is 3.72. The van der Waals surface area contributed by atoms with E-state index in [1.807, 2.05) is 18.7 Å². The molecular formula is C16H19ClN4. The molecule has 0 unspecified atom stereocenters. The molecule has 5 heteroatoms. The van der Waals surface area contributed by atoms with Crippen LogP contribution in [-0.2, 0) is 25.9 Å². The van der Waals surface area contributed by atoms with Gasteiger partial charge >= 0.3 is 0 Å². The Hall–Kier alpha value is -1.81. The third kappa shape index (κ3) is 2.44. The normalized spacial score (nSPS) is 11.4. The molecule has 2 aromatic heterocycles. The van der Waals surface area contributed by atoms with Crippen LogP contribution in [0.15, 0.2) is 24.3 Å². The van der Waals surface area contributed by atoms with Crippen LogP contribution in [0.5, 0.6) is 0 Å². The lowest BCUT2D eigenvalue weighted by atomic mass is 10.1. The molecule has 110 valence electrons. The van der Waals surface area contributed by atoms with E-state index in [1.54, 1.807) is 0 Å². The van der Waals surface area contributed by atoms with E-state index in [0.717, 1.165) is 35.6 Å². The van der Waals surface area contributed by atoms with Crippen LogP contribution in [-0.4, -0.2) is 19.3 Å². The van der Waals surface area contributed by atoms with Crippen LogP contribution in [0.3, 0.4) is 0 Å². The maximum Gasteiger partial charge on any atom is 0.159 e. The summed E-state index contributed by atoms with van der Waals surface area (Å²) in [5.41, 5.74) is 5.51. The summed E-state index contributed by atoms with van der Waals surface area (Å²) < 4.78 is 4.04. The number of halogens is 1. The zero-order valence-electron chi connectivity index (χ0n) is 12.6. The van der Waals surface area contributed by atoms with Gasteiger partial charge in [0.15, 0.2) is 5.65 Å². The Bertz CT molecular complexity index is 768. The fraction of sp³-hybridized carbons (Fsp3) is 0.375. The summed E-state index contributed by atoms with van der Waals surface area (Å²) in [5.74, 6) is 1.29. The van der Waals surface area contributed by atoms with E-state index in [-0.39, 0.29) is 0 Å². The van der Waals surface area contributed by atoms with Gasteiger partial charge in [-0.15, -0.1) is 11.6 Å². The molecular weight excluding hydrogens is 284 g/mol. The largest absolute Gasteiger partial charge is 0.307 e. The average molecular weight is 303 g/mol. The molecule has 0 bridgehead atoms. The monoisotopic (exact) mass is 302 g/mol. The number of hydrogen-bond acceptors (Lipinski definition) is 2. The first kappa shape index (κ1) is 14.1. The summed E-state index contributed by atoms with van der Waals surface area (Å²) in [6, 6.07) is 8.70. The Morgan fingerprint density at radius 2 is 1.81 bits per heavy atom. The lowest BCUT2D eigenvalue weighted by molar-refractivity contribution is 0.702. The number of imidazole rings is 1. The maximum absolute atomic E-state index is 6.07. The van der Waals surface area contributed by atoms with Crippen LogP contribution in [0.4, 0.5) is 0 Å². The number of rotatable bonds is 4. The van der Waals surface area contributed by atoms with E-state index in [9.17, 15) is 0 Å². The minimum Gasteiger partial charge on any atom is -0.307 e. The van der Waals surface area contributed by atoms with Crippen molar-refractivity contribution in [3.63, 3.8) is 0 Å². The Morgan fingerprint density at radius 1 is 1.14 bits per heavy atom. The number of hydrogen-bond donors (Lipinski definition) is 0. The van der Waals surface area contributed by atoms with Crippen LogP contribution < -0.4 is 0 Å². The minimum absolute atomic E-state index is 0.404. The molecule has 0 amide bonds. The highest BCUT2D eigenvalue weighted by atomic mass is 35.5. The number of alkyl halides is 1. The van der Waals surface area contributed by atoms with Gasteiger partial charge in [0.1, 0.15) is 11.3 Å². The van der Waals surface area contributed by atoms with Gasteiger partial charge in [-0.3, -0.25) is 4.68 Å². The van der Waals surface area contributed by atoms with Crippen molar-refractivity contribution in [2.75, 3.05) is 0 Å². The van der Waals surface area contributed by atoms with Crippen molar-refractivity contribution in [1.82, 2.24) is 19.3 Å². The number of aryl methyl sites for hydroxylation is 3. The highest BCUT2D eigenvalue weighted by Crippen LogP contribution is 2.21. The summed E-state index contributed by atoms with van der Waals surface area (Å²) in [6.07, 6.45) is 1.06. The van der Waals surface area contributed by atoms with Crippen molar-refractivity contribution in [3.05, 3.63) is 46.9 Å². The van der Waals surface area contributed by atoms with Gasteiger partial charge in [-0.05, 0) is 24.5 Å². The first-order valence-corrected chi connectivity index (χ1v) is 7.70. The maximum atomic E-state index is 6.07. The molecule has 0 spiro atoms. The van der Waals surface area contributed by atoms with Crippen molar-refractivity contribution < 1.29 is 0 Å². The molecule has 1 aromatic carbocycles. The molecule has 4 nitrogen and oxygen atoms in total. The Balaban J connectivity index is 2.05. The summed E-state index contributed by atoms with van der Waals surface area (Å²) in [5, 5.41) is 4.45. The predicted molar refractivity (Wildman–Crippen MR) is 85.7 cm³/mol. The van der Waals surface area contributed by atoms with Gasteiger partial charge in [0, 0.05) is 7.05 Å². The highest BCUT2D eigenvalue weighted by Gasteiger charge is 2.16. The van der Waals surface area contributed by atoms with Gasteiger partial charge < -0.3 is 4.57 Å². The molecule has 0 aliphatic heterocycles. The van der Waals surface area contributed by atoms with Gasteiger partial charge in [0.05, 0.1) is 18.1 Å². The second-order valence-electron chi connectivity index (χ2n) is 5.30. The van der Waals surface area contributed by atoms with Crippen LogP contribution in [0.25, 0.3) is 11.2 Å². The first-order chi connectivity index (χ1) is 10.1. The second-order valence-corrected chi connectivity index (χ2v) is 5.57. The van der Waals surface area contributed by atoms with Crippen molar-refractivity contribution >= 4 is 22.8 Å². The molecule has 0 saturated carbocycles. The summed E-state index contributed by atoms with van der Waals surface area (Å²) >= 11 is 6.07. The van der Waals surface area contributed by atoms with Gasteiger partial charge in [0.2, 0.25) is 0 Å². The lowest BCUT2D eigenvalue weighted by Gasteiger charge is -2.09. The van der Waals surface area contributed by atoms with Gasteiger partial charge in [-0.25, -0.2) is 4.98 Å². The number of benzene rings is 1. The van der Waals surface area contributed by atoms with Gasteiger partial charge in [-0.1, -0.05) is 31.2 Å². The van der Waals surface area contributed by atoms with Crippen molar-refractivity contribution in [2.45, 2.75) is 32.7 Å². The summed E-state index contributed by atoms with van der Waals surface area (Å²) in [6.45, 7) is 4.91. The Labute approximate surface area is 129 Å². The third-order valence-corrected chi connectivity index (χ3v) is 4.10. The van der Waals surface area contributed by atoms with Crippen LogP contribution >= 0.6 is 11.6 Å². The van der Waals surface area contributed by atoms with E-state index in [4.69, 9.17) is 11.6 Å². The molecule has 0 atom stereocenters. The fourth-order valence-electron chi connectivity index (χ4n) is 2.71. The fourth-order valence-corrected chi connectivity index (χ4v) is 2.92. The summed E-state index contributed by atoms with van der Waals surface area (Å²) in [4.78, 5) is 4.63. The van der Waals surface area contributed by atoms with Crippen molar-refractivity contribution in [3.8, 4) is 0 Å². The molecule has 0 fully saturated rings. The SMILES string of the molecule is CCc1ccc(Cn2c(CCl)nc3c(C)nn(C)c32)cc1. The highest BCUT2D eigenvalue weighted by molar-refractivity contribution is 6.16. The van der Waals surface area contributed by atoms with Crippen LogP contribution in [0.1, 0.15) is 29.6 Å². The molecule has 3 aromatic rings. The Morgan fingerprint density at radius 3 is 2.43 bits per heavy atom. The van der Waals surface area contributed by atoms with Crippen molar-refractivity contribution in [2.24, 2.45) is 7.05 Å². The quantitative estimate of drug-likeness (QED) is 0.692. The molecule has 0 N–H and O–H groups in total.